The minimum Gasteiger partial charge on any atom is -0.486 e. The van der Waals surface area contributed by atoms with Crippen molar-refractivity contribution >= 4 is 23.3 Å². The first-order chi connectivity index (χ1) is 12.1. The lowest BCUT2D eigenvalue weighted by Crippen LogP contribution is -2.45. The minimum atomic E-state index is -0.486. The van der Waals surface area contributed by atoms with Gasteiger partial charge < -0.3 is 10.1 Å². The molecule has 132 valence electrons. The molecule has 1 aromatic rings. The van der Waals surface area contributed by atoms with Crippen molar-refractivity contribution in [3.63, 3.8) is 0 Å². The molecule has 25 heavy (non-hydrogen) atoms. The maximum absolute atomic E-state index is 12.7. The third-order valence-corrected chi connectivity index (χ3v) is 6.93. The van der Waals surface area contributed by atoms with Crippen molar-refractivity contribution in [3.05, 3.63) is 28.8 Å². The van der Waals surface area contributed by atoms with E-state index in [-0.39, 0.29) is 23.5 Å². The first-order valence-corrected chi connectivity index (χ1v) is 9.77. The Hall–Kier alpha value is -1.55. The van der Waals surface area contributed by atoms with Crippen molar-refractivity contribution in [1.29, 1.82) is 0 Å². The molecule has 4 atom stereocenters. The minimum absolute atomic E-state index is 0.0241. The van der Waals surface area contributed by atoms with Crippen LogP contribution in [-0.2, 0) is 4.79 Å². The SMILES string of the molecule is O=C1C[C@@]2(CC[C@H]3[C@@H](C(=O)NC4CCCC4)[C@@H]32)Oc2ccc(Cl)cc21. The highest BCUT2D eigenvalue weighted by Gasteiger charge is 2.70. The summed E-state index contributed by atoms with van der Waals surface area (Å²) >= 11 is 6.02. The van der Waals surface area contributed by atoms with Crippen LogP contribution in [0.3, 0.4) is 0 Å². The first kappa shape index (κ1) is 15.7. The summed E-state index contributed by atoms with van der Waals surface area (Å²) in [6.45, 7) is 0. The third kappa shape index (κ3) is 2.41. The molecule has 1 aliphatic heterocycles. The van der Waals surface area contributed by atoms with Crippen LogP contribution in [0.4, 0.5) is 0 Å². The van der Waals surface area contributed by atoms with E-state index >= 15 is 0 Å². The lowest BCUT2D eigenvalue weighted by molar-refractivity contribution is -0.124. The van der Waals surface area contributed by atoms with Crippen LogP contribution in [0.25, 0.3) is 0 Å². The van der Waals surface area contributed by atoms with Crippen molar-refractivity contribution in [3.8, 4) is 5.75 Å². The van der Waals surface area contributed by atoms with Gasteiger partial charge in [-0.1, -0.05) is 24.4 Å². The number of nitrogens with one attached hydrogen (secondary N) is 1. The van der Waals surface area contributed by atoms with Gasteiger partial charge >= 0.3 is 0 Å². The van der Waals surface area contributed by atoms with Gasteiger partial charge in [0.25, 0.3) is 0 Å². The maximum atomic E-state index is 12.7. The number of rotatable bonds is 2. The monoisotopic (exact) mass is 359 g/mol. The Kier molecular flexibility index (Phi) is 3.43. The van der Waals surface area contributed by atoms with Gasteiger partial charge in [0.2, 0.25) is 5.91 Å². The fourth-order valence-corrected chi connectivity index (χ4v) is 5.68. The van der Waals surface area contributed by atoms with Crippen molar-refractivity contribution in [2.75, 3.05) is 0 Å². The zero-order valence-electron chi connectivity index (χ0n) is 14.1. The topological polar surface area (TPSA) is 55.4 Å². The molecule has 1 heterocycles. The average Bonchev–Trinajstić information content (AvgIpc) is 2.91. The lowest BCUT2D eigenvalue weighted by atomic mass is 9.84. The smallest absolute Gasteiger partial charge is 0.224 e. The van der Waals surface area contributed by atoms with Crippen LogP contribution in [0, 0.1) is 17.8 Å². The second-order valence-electron chi connectivity index (χ2n) is 8.15. The fraction of sp³-hybridized carbons (Fsp3) is 0.600. The second kappa shape index (κ2) is 5.47. The van der Waals surface area contributed by atoms with Crippen LogP contribution < -0.4 is 10.1 Å². The molecular formula is C20H22ClNO3. The number of hydrogen-bond donors (Lipinski definition) is 1. The van der Waals surface area contributed by atoms with E-state index in [0.29, 0.717) is 34.7 Å². The van der Waals surface area contributed by atoms with Crippen LogP contribution >= 0.6 is 11.6 Å². The maximum Gasteiger partial charge on any atom is 0.224 e. The van der Waals surface area contributed by atoms with Gasteiger partial charge in [0, 0.05) is 22.9 Å². The highest BCUT2D eigenvalue weighted by molar-refractivity contribution is 6.31. The van der Waals surface area contributed by atoms with E-state index in [1.807, 2.05) is 0 Å². The average molecular weight is 360 g/mol. The zero-order valence-corrected chi connectivity index (χ0v) is 14.8. The molecule has 3 saturated carbocycles. The Morgan fingerprint density at radius 1 is 1.24 bits per heavy atom. The summed E-state index contributed by atoms with van der Waals surface area (Å²) < 4.78 is 6.35. The molecule has 0 aromatic heterocycles. The van der Waals surface area contributed by atoms with E-state index in [1.54, 1.807) is 18.2 Å². The molecule has 1 N–H and O–H groups in total. The van der Waals surface area contributed by atoms with Crippen LogP contribution in [0.1, 0.15) is 55.3 Å². The van der Waals surface area contributed by atoms with E-state index in [4.69, 9.17) is 16.3 Å². The van der Waals surface area contributed by atoms with E-state index < -0.39 is 5.60 Å². The summed E-state index contributed by atoms with van der Waals surface area (Å²) in [5.41, 5.74) is 0.0921. The summed E-state index contributed by atoms with van der Waals surface area (Å²) in [6.07, 6.45) is 6.83. The Bertz CT molecular complexity index is 757. The molecule has 0 saturated heterocycles. The Labute approximate surface area is 152 Å². The van der Waals surface area contributed by atoms with E-state index in [0.717, 1.165) is 25.7 Å². The third-order valence-electron chi connectivity index (χ3n) is 6.70. The molecule has 0 bridgehead atoms. The molecule has 5 heteroatoms. The Morgan fingerprint density at radius 2 is 2.04 bits per heavy atom. The predicted molar refractivity (Wildman–Crippen MR) is 93.9 cm³/mol. The molecule has 1 spiro atoms. The highest BCUT2D eigenvalue weighted by Crippen LogP contribution is 2.65. The molecule has 5 rings (SSSR count). The van der Waals surface area contributed by atoms with Crippen molar-refractivity contribution in [1.82, 2.24) is 5.32 Å². The number of benzene rings is 1. The summed E-state index contributed by atoms with van der Waals surface area (Å²) in [4.78, 5) is 25.4. The van der Waals surface area contributed by atoms with Crippen LogP contribution in [0.5, 0.6) is 5.75 Å². The number of halogens is 1. The molecular weight excluding hydrogens is 338 g/mol. The molecule has 1 amide bonds. The number of hydrogen-bond acceptors (Lipinski definition) is 3. The summed E-state index contributed by atoms with van der Waals surface area (Å²) in [5.74, 6) is 1.48. The van der Waals surface area contributed by atoms with Crippen molar-refractivity contribution in [2.24, 2.45) is 17.8 Å². The normalized spacial score (nSPS) is 36.0. The molecule has 1 aromatic carbocycles. The Morgan fingerprint density at radius 3 is 2.84 bits per heavy atom. The Balaban J connectivity index is 1.36. The fourth-order valence-electron chi connectivity index (χ4n) is 5.51. The van der Waals surface area contributed by atoms with Crippen molar-refractivity contribution < 1.29 is 14.3 Å². The standard InChI is InChI=1S/C20H22ClNO3/c21-11-5-6-16-14(9-11)15(23)10-20(25-16)8-7-13-17(18(13)20)19(24)22-12-3-1-2-4-12/h5-6,9,12-13,17-18H,1-4,7-8,10H2,(H,22,24)/t13-,17+,18+,20+/m0/s1. The number of ketones is 1. The molecule has 3 aliphatic carbocycles. The van der Waals surface area contributed by atoms with Gasteiger partial charge in [0.1, 0.15) is 11.4 Å². The van der Waals surface area contributed by atoms with Crippen molar-refractivity contribution in [2.45, 2.75) is 56.6 Å². The molecule has 4 nitrogen and oxygen atoms in total. The number of carbonyl (C=O) groups is 2. The van der Waals surface area contributed by atoms with Gasteiger partial charge in [-0.25, -0.2) is 0 Å². The predicted octanol–water partition coefficient (Wildman–Crippen LogP) is 3.76. The van der Waals surface area contributed by atoms with Gasteiger partial charge in [-0.3, -0.25) is 9.59 Å². The molecule has 0 unspecified atom stereocenters. The summed E-state index contributed by atoms with van der Waals surface area (Å²) in [7, 11) is 0. The quantitative estimate of drug-likeness (QED) is 0.874. The zero-order chi connectivity index (χ0) is 17.2. The van der Waals surface area contributed by atoms with Gasteiger partial charge in [-0.05, 0) is 49.8 Å². The number of carbonyl (C=O) groups excluding carboxylic acids is 2. The van der Waals surface area contributed by atoms with Crippen LogP contribution in [0.2, 0.25) is 5.02 Å². The van der Waals surface area contributed by atoms with Gasteiger partial charge in [0.05, 0.1) is 12.0 Å². The van der Waals surface area contributed by atoms with E-state index in [2.05, 4.69) is 5.32 Å². The lowest BCUT2D eigenvalue weighted by Gasteiger charge is -2.37. The molecule has 0 radical (unpaired) electrons. The van der Waals surface area contributed by atoms with Crippen LogP contribution in [0.15, 0.2) is 18.2 Å². The number of amides is 1. The van der Waals surface area contributed by atoms with Crippen LogP contribution in [-0.4, -0.2) is 23.3 Å². The number of fused-ring (bicyclic) bond motifs is 3. The van der Waals surface area contributed by atoms with Gasteiger partial charge in [0.15, 0.2) is 5.78 Å². The van der Waals surface area contributed by atoms with Gasteiger partial charge in [-0.2, -0.15) is 0 Å². The molecule has 4 aliphatic rings. The number of ether oxygens (including phenoxy) is 1. The van der Waals surface area contributed by atoms with Gasteiger partial charge in [-0.15, -0.1) is 0 Å². The summed E-state index contributed by atoms with van der Waals surface area (Å²) in [5, 5.41) is 3.78. The van der Waals surface area contributed by atoms with E-state index in [1.165, 1.54) is 12.8 Å². The first-order valence-electron chi connectivity index (χ1n) is 9.39. The largest absolute Gasteiger partial charge is 0.486 e. The summed E-state index contributed by atoms with van der Waals surface area (Å²) in [6, 6.07) is 5.59. The van der Waals surface area contributed by atoms with E-state index in [9.17, 15) is 9.59 Å². The highest BCUT2D eigenvalue weighted by atomic mass is 35.5. The second-order valence-corrected chi connectivity index (χ2v) is 8.59. The molecule has 3 fully saturated rings. The number of Topliss-reactive ketones (excluding diaryl/α,β-unsaturated/α-hetero) is 1.